The molecule has 0 unspecified atom stereocenters. The van der Waals surface area contributed by atoms with Gasteiger partial charge in [0, 0.05) is 12.8 Å². The maximum absolute atomic E-state index is 12.5. The predicted molar refractivity (Wildman–Crippen MR) is 110 cm³/mol. The topological polar surface area (TPSA) is 108 Å². The number of hydrogen-bond donors (Lipinski definition) is 2. The van der Waals surface area contributed by atoms with E-state index in [1.54, 1.807) is 13.8 Å². The summed E-state index contributed by atoms with van der Waals surface area (Å²) in [6.45, 7) is 3.90. The summed E-state index contributed by atoms with van der Waals surface area (Å²) < 4.78 is 9.97. The van der Waals surface area contributed by atoms with Crippen LogP contribution in [0.5, 0.6) is 0 Å². The first kappa shape index (κ1) is 22.4. The Hall–Kier alpha value is -2.93. The third-order valence-electron chi connectivity index (χ3n) is 4.49. The molecule has 0 aliphatic carbocycles. The molecule has 2 aromatic rings. The van der Waals surface area contributed by atoms with Crippen LogP contribution in [-0.4, -0.2) is 43.1 Å². The molecule has 7 heteroatoms. The largest absolute Gasteiger partial charge is 0.466 e. The molecule has 2 atom stereocenters. The van der Waals surface area contributed by atoms with E-state index in [1.807, 2.05) is 42.5 Å². The fraction of sp³-hybridized carbons (Fsp3) is 0.409. The molecule has 0 saturated carbocycles. The van der Waals surface area contributed by atoms with Gasteiger partial charge in [0.15, 0.2) is 0 Å². The second-order valence-electron chi connectivity index (χ2n) is 6.61. The lowest BCUT2D eigenvalue weighted by molar-refractivity contribution is -0.148. The average molecular weight is 400 g/mol. The molecule has 3 N–H and O–H groups in total. The van der Waals surface area contributed by atoms with Crippen LogP contribution < -0.4 is 11.1 Å². The monoisotopic (exact) mass is 400 g/mol. The SMILES string of the molecule is CCOC(=O)CC[C@H](N)C(=O)N[C@@H](Cc1cccc2ccccc12)C(=O)OCC. The van der Waals surface area contributed by atoms with E-state index in [0.717, 1.165) is 16.3 Å². The van der Waals surface area contributed by atoms with E-state index in [9.17, 15) is 14.4 Å². The molecule has 0 fully saturated rings. The summed E-state index contributed by atoms with van der Waals surface area (Å²) >= 11 is 0. The molecule has 29 heavy (non-hydrogen) atoms. The lowest BCUT2D eigenvalue weighted by Crippen LogP contribution is -2.50. The van der Waals surface area contributed by atoms with Crippen molar-refractivity contribution in [2.24, 2.45) is 5.73 Å². The highest BCUT2D eigenvalue weighted by atomic mass is 16.5. The Kier molecular flexibility index (Phi) is 8.61. The number of hydrogen-bond acceptors (Lipinski definition) is 6. The van der Waals surface area contributed by atoms with Gasteiger partial charge in [-0.15, -0.1) is 0 Å². The lowest BCUT2D eigenvalue weighted by atomic mass is 9.98. The number of carbonyl (C=O) groups is 3. The second kappa shape index (κ2) is 11.2. The van der Waals surface area contributed by atoms with Gasteiger partial charge >= 0.3 is 11.9 Å². The molecule has 0 bridgehead atoms. The first-order valence-electron chi connectivity index (χ1n) is 9.81. The van der Waals surface area contributed by atoms with Crippen LogP contribution in [0.2, 0.25) is 0 Å². The zero-order valence-electron chi connectivity index (χ0n) is 16.9. The molecule has 2 aromatic carbocycles. The van der Waals surface area contributed by atoms with E-state index in [4.69, 9.17) is 15.2 Å². The minimum atomic E-state index is -0.927. The maximum Gasteiger partial charge on any atom is 0.328 e. The van der Waals surface area contributed by atoms with Gasteiger partial charge in [0.25, 0.3) is 0 Å². The summed E-state index contributed by atoms with van der Waals surface area (Å²) in [6, 6.07) is 11.8. The van der Waals surface area contributed by atoms with Gasteiger partial charge < -0.3 is 20.5 Å². The van der Waals surface area contributed by atoms with Gasteiger partial charge in [-0.2, -0.15) is 0 Å². The van der Waals surface area contributed by atoms with Crippen molar-refractivity contribution in [1.82, 2.24) is 5.32 Å². The molecular formula is C22H28N2O5. The molecule has 0 aliphatic rings. The Morgan fingerprint density at radius 2 is 1.69 bits per heavy atom. The molecule has 156 valence electrons. The van der Waals surface area contributed by atoms with E-state index < -0.39 is 29.9 Å². The van der Waals surface area contributed by atoms with Gasteiger partial charge in [-0.05, 0) is 36.6 Å². The van der Waals surface area contributed by atoms with Crippen LogP contribution in [-0.2, 0) is 30.3 Å². The summed E-state index contributed by atoms with van der Waals surface area (Å²) in [6.07, 6.45) is 0.445. The summed E-state index contributed by atoms with van der Waals surface area (Å²) in [5, 5.41) is 4.73. The quantitative estimate of drug-likeness (QED) is 0.592. The summed E-state index contributed by atoms with van der Waals surface area (Å²) in [7, 11) is 0. The maximum atomic E-state index is 12.5. The minimum Gasteiger partial charge on any atom is -0.466 e. The standard InChI is InChI=1S/C22H28N2O5/c1-3-28-20(25)13-12-18(23)21(26)24-19(22(27)29-4-2)14-16-10-7-9-15-8-5-6-11-17(15)16/h5-11,18-19H,3-4,12-14,23H2,1-2H3,(H,24,26)/t18-,19-/m0/s1. The molecule has 0 spiro atoms. The number of fused-ring (bicyclic) bond motifs is 1. The molecule has 0 aliphatic heterocycles. The van der Waals surface area contributed by atoms with Crippen LogP contribution in [0.1, 0.15) is 32.3 Å². The third kappa shape index (κ3) is 6.57. The molecule has 2 rings (SSSR count). The van der Waals surface area contributed by atoms with E-state index in [0.29, 0.717) is 0 Å². The van der Waals surface area contributed by atoms with Crippen LogP contribution in [0.4, 0.5) is 0 Å². The normalized spacial score (nSPS) is 12.8. The van der Waals surface area contributed by atoms with E-state index in [-0.39, 0.29) is 32.5 Å². The first-order valence-corrected chi connectivity index (χ1v) is 9.81. The molecule has 1 amide bonds. The molecule has 0 aromatic heterocycles. The van der Waals surface area contributed by atoms with Crippen molar-refractivity contribution in [1.29, 1.82) is 0 Å². The number of rotatable bonds is 10. The highest BCUT2D eigenvalue weighted by Gasteiger charge is 2.26. The van der Waals surface area contributed by atoms with Crippen molar-refractivity contribution in [2.75, 3.05) is 13.2 Å². The van der Waals surface area contributed by atoms with Crippen molar-refractivity contribution < 1.29 is 23.9 Å². The van der Waals surface area contributed by atoms with Gasteiger partial charge in [0.1, 0.15) is 6.04 Å². The number of ether oxygens (including phenoxy) is 2. The van der Waals surface area contributed by atoms with Gasteiger partial charge in [-0.1, -0.05) is 42.5 Å². The van der Waals surface area contributed by atoms with E-state index in [1.165, 1.54) is 0 Å². The van der Waals surface area contributed by atoms with Gasteiger partial charge in [-0.25, -0.2) is 4.79 Å². The molecular weight excluding hydrogens is 372 g/mol. The van der Waals surface area contributed by atoms with Gasteiger partial charge in [0.2, 0.25) is 5.91 Å². The van der Waals surface area contributed by atoms with Crippen LogP contribution in [0, 0.1) is 0 Å². The highest BCUT2D eigenvalue weighted by Crippen LogP contribution is 2.20. The fourth-order valence-electron chi connectivity index (χ4n) is 3.04. The minimum absolute atomic E-state index is 0.0375. The Balaban J connectivity index is 2.10. The summed E-state index contributed by atoms with van der Waals surface area (Å²) in [4.78, 5) is 36.4. The number of nitrogens with one attached hydrogen (secondary N) is 1. The highest BCUT2D eigenvalue weighted by molar-refractivity contribution is 5.90. The van der Waals surface area contributed by atoms with Crippen molar-refractivity contribution >= 4 is 28.6 Å². The van der Waals surface area contributed by atoms with E-state index >= 15 is 0 Å². The number of esters is 2. The number of benzene rings is 2. The van der Waals surface area contributed by atoms with Gasteiger partial charge in [-0.3, -0.25) is 9.59 Å². The van der Waals surface area contributed by atoms with Crippen LogP contribution in [0.15, 0.2) is 42.5 Å². The Labute approximate surface area is 170 Å². The second-order valence-corrected chi connectivity index (χ2v) is 6.61. The first-order chi connectivity index (χ1) is 14.0. The Morgan fingerprint density at radius 3 is 2.41 bits per heavy atom. The molecule has 0 heterocycles. The Morgan fingerprint density at radius 1 is 1.00 bits per heavy atom. The van der Waals surface area contributed by atoms with Gasteiger partial charge in [0.05, 0.1) is 19.3 Å². The van der Waals surface area contributed by atoms with Crippen LogP contribution in [0.25, 0.3) is 10.8 Å². The molecule has 0 saturated heterocycles. The number of nitrogens with two attached hydrogens (primary N) is 1. The average Bonchev–Trinajstić information content (AvgIpc) is 2.72. The summed E-state index contributed by atoms with van der Waals surface area (Å²) in [5.41, 5.74) is 6.81. The lowest BCUT2D eigenvalue weighted by Gasteiger charge is -2.20. The van der Waals surface area contributed by atoms with E-state index in [2.05, 4.69) is 5.32 Å². The number of carbonyl (C=O) groups excluding carboxylic acids is 3. The van der Waals surface area contributed by atoms with Crippen LogP contribution >= 0.6 is 0 Å². The van der Waals surface area contributed by atoms with Crippen molar-refractivity contribution in [2.45, 2.75) is 45.2 Å². The summed E-state index contributed by atoms with van der Waals surface area (Å²) in [5.74, 6) is -1.44. The molecule has 7 nitrogen and oxygen atoms in total. The molecule has 0 radical (unpaired) electrons. The predicted octanol–water partition coefficient (Wildman–Crippen LogP) is 2.10. The number of amides is 1. The zero-order chi connectivity index (χ0) is 21.2. The fourth-order valence-corrected chi connectivity index (χ4v) is 3.04. The van der Waals surface area contributed by atoms with Crippen molar-refractivity contribution in [3.05, 3.63) is 48.0 Å². The van der Waals surface area contributed by atoms with Crippen molar-refractivity contribution in [3.63, 3.8) is 0 Å². The smallest absolute Gasteiger partial charge is 0.328 e. The zero-order valence-corrected chi connectivity index (χ0v) is 16.9. The van der Waals surface area contributed by atoms with Crippen molar-refractivity contribution in [3.8, 4) is 0 Å². The third-order valence-corrected chi connectivity index (χ3v) is 4.49. The Bertz CT molecular complexity index is 847. The van der Waals surface area contributed by atoms with Crippen LogP contribution in [0.3, 0.4) is 0 Å².